The summed E-state index contributed by atoms with van der Waals surface area (Å²) in [4.78, 5) is 5.58. The summed E-state index contributed by atoms with van der Waals surface area (Å²) in [7, 11) is 1.69. The maximum absolute atomic E-state index is 5.69. The van der Waals surface area contributed by atoms with Crippen LogP contribution in [0.5, 0.6) is 11.5 Å². The fourth-order valence-electron chi connectivity index (χ4n) is 3.00. The number of benzene rings is 2. The van der Waals surface area contributed by atoms with Crippen molar-refractivity contribution in [1.29, 1.82) is 0 Å². The van der Waals surface area contributed by atoms with Gasteiger partial charge in [0, 0.05) is 37.4 Å². The van der Waals surface area contributed by atoms with Gasteiger partial charge in [-0.1, -0.05) is 12.2 Å². The second kappa shape index (κ2) is 8.21. The minimum Gasteiger partial charge on any atom is -0.497 e. The summed E-state index contributed by atoms with van der Waals surface area (Å²) in [5, 5.41) is 0. The predicted molar refractivity (Wildman–Crippen MR) is 106 cm³/mol. The molecule has 0 radical (unpaired) electrons. The molecule has 0 N–H and O–H groups in total. The Morgan fingerprint density at radius 1 is 0.920 bits per heavy atom. The maximum Gasteiger partial charge on any atom is 0.119 e. The highest BCUT2D eigenvalue weighted by Crippen LogP contribution is 2.21. The summed E-state index contributed by atoms with van der Waals surface area (Å²) in [6, 6.07) is 16.3. The van der Waals surface area contributed by atoms with Crippen molar-refractivity contribution in [3.05, 3.63) is 54.1 Å². The first-order chi connectivity index (χ1) is 12.2. The highest BCUT2D eigenvalue weighted by molar-refractivity contribution is 7.80. The van der Waals surface area contributed by atoms with E-state index in [1.165, 1.54) is 5.69 Å². The van der Waals surface area contributed by atoms with Crippen LogP contribution >= 0.6 is 12.2 Å². The molecule has 3 rings (SSSR count). The second-order valence-corrected chi connectivity index (χ2v) is 6.32. The van der Waals surface area contributed by atoms with E-state index < -0.39 is 0 Å². The Hall–Kier alpha value is -2.27. The Kier molecular flexibility index (Phi) is 5.76. The molecule has 2 aromatic rings. The van der Waals surface area contributed by atoms with E-state index in [4.69, 9.17) is 21.7 Å². The molecule has 0 aliphatic carbocycles. The molecular formula is C20H24N2O2S. The summed E-state index contributed by atoms with van der Waals surface area (Å²) in [6.07, 6.45) is 0. The van der Waals surface area contributed by atoms with Gasteiger partial charge in [0.15, 0.2) is 0 Å². The van der Waals surface area contributed by atoms with E-state index in [2.05, 4.69) is 21.9 Å². The van der Waals surface area contributed by atoms with Gasteiger partial charge >= 0.3 is 0 Å². The Morgan fingerprint density at radius 3 is 2.08 bits per heavy atom. The van der Waals surface area contributed by atoms with Gasteiger partial charge in [0.2, 0.25) is 0 Å². The predicted octanol–water partition coefficient (Wildman–Crippen LogP) is 3.59. The third-order valence-electron chi connectivity index (χ3n) is 4.42. The lowest BCUT2D eigenvalue weighted by atomic mass is 10.1. The van der Waals surface area contributed by atoms with Gasteiger partial charge in [0.25, 0.3) is 0 Å². The highest BCUT2D eigenvalue weighted by atomic mass is 32.1. The first-order valence-corrected chi connectivity index (χ1v) is 9.03. The second-order valence-electron chi connectivity index (χ2n) is 5.93. The van der Waals surface area contributed by atoms with Crippen LogP contribution in [0.1, 0.15) is 12.5 Å². The normalized spacial score (nSPS) is 14.3. The molecule has 1 fully saturated rings. The van der Waals surface area contributed by atoms with Crippen LogP contribution in [0.2, 0.25) is 0 Å². The van der Waals surface area contributed by atoms with Crippen LogP contribution in [-0.2, 0) is 0 Å². The lowest BCUT2D eigenvalue weighted by molar-refractivity contribution is 0.340. The van der Waals surface area contributed by atoms with E-state index in [0.717, 1.165) is 48.2 Å². The number of methoxy groups -OCH3 is 1. The number of ether oxygens (including phenoxy) is 2. The third kappa shape index (κ3) is 4.23. The van der Waals surface area contributed by atoms with Gasteiger partial charge in [-0.15, -0.1) is 0 Å². The first-order valence-electron chi connectivity index (χ1n) is 8.62. The Labute approximate surface area is 155 Å². The molecule has 0 spiro atoms. The molecule has 0 atom stereocenters. The van der Waals surface area contributed by atoms with E-state index >= 15 is 0 Å². The van der Waals surface area contributed by atoms with Crippen LogP contribution in [0.4, 0.5) is 5.69 Å². The standard InChI is InChI=1S/C20H24N2O2S/c1-3-24-19-8-4-16(5-9-19)20(25)22-14-12-21(13-15-22)17-6-10-18(23-2)11-7-17/h4-11H,3,12-15H2,1-2H3. The van der Waals surface area contributed by atoms with Gasteiger partial charge in [0.1, 0.15) is 16.5 Å². The lowest BCUT2D eigenvalue weighted by Crippen LogP contribution is -2.48. The molecule has 0 aromatic heterocycles. The average Bonchev–Trinajstić information content (AvgIpc) is 2.68. The van der Waals surface area contributed by atoms with Crippen molar-refractivity contribution in [3.8, 4) is 11.5 Å². The van der Waals surface area contributed by atoms with Gasteiger partial charge in [-0.05, 0) is 55.5 Å². The van der Waals surface area contributed by atoms with E-state index in [9.17, 15) is 0 Å². The van der Waals surface area contributed by atoms with Gasteiger partial charge in [-0.25, -0.2) is 0 Å². The van der Waals surface area contributed by atoms with Crippen LogP contribution in [-0.4, -0.2) is 49.8 Å². The molecule has 4 nitrogen and oxygen atoms in total. The van der Waals surface area contributed by atoms with E-state index in [1.807, 2.05) is 43.3 Å². The number of hydrogen-bond acceptors (Lipinski definition) is 4. The van der Waals surface area contributed by atoms with Crippen molar-refractivity contribution in [2.24, 2.45) is 0 Å². The molecule has 0 saturated carbocycles. The fraction of sp³-hybridized carbons (Fsp3) is 0.350. The Balaban J connectivity index is 1.58. The number of nitrogens with zero attached hydrogens (tertiary/aromatic N) is 2. The number of piperazine rings is 1. The van der Waals surface area contributed by atoms with Gasteiger partial charge in [-0.3, -0.25) is 0 Å². The molecule has 25 heavy (non-hydrogen) atoms. The van der Waals surface area contributed by atoms with Crippen molar-refractivity contribution < 1.29 is 9.47 Å². The molecule has 0 bridgehead atoms. The van der Waals surface area contributed by atoms with Crippen LogP contribution in [0.25, 0.3) is 0 Å². The molecule has 1 aliphatic rings. The molecule has 0 amide bonds. The maximum atomic E-state index is 5.69. The number of anilines is 1. The largest absolute Gasteiger partial charge is 0.497 e. The van der Waals surface area contributed by atoms with Crippen LogP contribution < -0.4 is 14.4 Å². The Morgan fingerprint density at radius 2 is 1.52 bits per heavy atom. The van der Waals surface area contributed by atoms with Crippen molar-refractivity contribution >= 4 is 22.9 Å². The molecule has 132 valence electrons. The smallest absolute Gasteiger partial charge is 0.119 e. The van der Waals surface area contributed by atoms with E-state index in [-0.39, 0.29) is 0 Å². The third-order valence-corrected chi connectivity index (χ3v) is 4.91. The lowest BCUT2D eigenvalue weighted by Gasteiger charge is -2.37. The quantitative estimate of drug-likeness (QED) is 0.763. The van der Waals surface area contributed by atoms with Gasteiger partial charge in [-0.2, -0.15) is 0 Å². The van der Waals surface area contributed by atoms with E-state index in [0.29, 0.717) is 6.61 Å². The van der Waals surface area contributed by atoms with Crippen LogP contribution in [0.3, 0.4) is 0 Å². The molecule has 2 aromatic carbocycles. The van der Waals surface area contributed by atoms with Crippen molar-refractivity contribution in [1.82, 2.24) is 4.90 Å². The first kappa shape index (κ1) is 17.5. The van der Waals surface area contributed by atoms with Gasteiger partial charge < -0.3 is 19.3 Å². The van der Waals surface area contributed by atoms with Crippen molar-refractivity contribution in [2.75, 3.05) is 44.8 Å². The van der Waals surface area contributed by atoms with Gasteiger partial charge in [0.05, 0.1) is 13.7 Å². The molecular weight excluding hydrogens is 332 g/mol. The van der Waals surface area contributed by atoms with Crippen LogP contribution in [0.15, 0.2) is 48.5 Å². The summed E-state index contributed by atoms with van der Waals surface area (Å²) >= 11 is 5.69. The van der Waals surface area contributed by atoms with Crippen LogP contribution in [0, 0.1) is 0 Å². The summed E-state index contributed by atoms with van der Waals surface area (Å²) in [6.45, 7) is 6.45. The monoisotopic (exact) mass is 356 g/mol. The molecule has 5 heteroatoms. The topological polar surface area (TPSA) is 24.9 Å². The number of thiocarbonyl (C=S) groups is 1. The molecule has 0 unspecified atom stereocenters. The molecule has 1 heterocycles. The zero-order chi connectivity index (χ0) is 17.6. The fourth-order valence-corrected chi connectivity index (χ4v) is 3.32. The molecule has 1 aliphatic heterocycles. The zero-order valence-corrected chi connectivity index (χ0v) is 15.6. The van der Waals surface area contributed by atoms with Crippen molar-refractivity contribution in [3.63, 3.8) is 0 Å². The summed E-state index contributed by atoms with van der Waals surface area (Å²) in [5.74, 6) is 1.78. The minimum absolute atomic E-state index is 0.678. The average molecular weight is 356 g/mol. The number of rotatable bonds is 5. The highest BCUT2D eigenvalue weighted by Gasteiger charge is 2.20. The molecule has 1 saturated heterocycles. The minimum atomic E-state index is 0.678. The van der Waals surface area contributed by atoms with Crippen molar-refractivity contribution in [2.45, 2.75) is 6.92 Å². The summed E-state index contributed by atoms with van der Waals surface area (Å²) in [5.41, 5.74) is 2.31. The summed E-state index contributed by atoms with van der Waals surface area (Å²) < 4.78 is 10.7. The zero-order valence-electron chi connectivity index (χ0n) is 14.8. The SMILES string of the molecule is CCOc1ccc(C(=S)N2CCN(c3ccc(OC)cc3)CC2)cc1. The Bertz CT molecular complexity index is 693. The van der Waals surface area contributed by atoms with E-state index in [1.54, 1.807) is 7.11 Å². The number of hydrogen-bond donors (Lipinski definition) is 0.